The fourth-order valence-electron chi connectivity index (χ4n) is 1.58. The Labute approximate surface area is 115 Å². The molecule has 2 rings (SSSR count). The Hall–Kier alpha value is -2.44. The van der Waals surface area contributed by atoms with Crippen molar-refractivity contribution in [3.8, 4) is 5.75 Å². The lowest BCUT2D eigenvalue weighted by Crippen LogP contribution is -2.11. The maximum Gasteiger partial charge on any atom is 0.416 e. The Morgan fingerprint density at radius 2 is 1.57 bits per heavy atom. The molecule has 2 aromatic rings. The van der Waals surface area contributed by atoms with Crippen molar-refractivity contribution in [2.75, 3.05) is 0 Å². The predicted octanol–water partition coefficient (Wildman–Crippen LogP) is 4.20. The number of hydrogen-bond acceptors (Lipinski definition) is 2. The number of benzene rings is 2. The van der Waals surface area contributed by atoms with E-state index in [1.165, 1.54) is 0 Å². The highest BCUT2D eigenvalue weighted by Gasteiger charge is 2.31. The molecule has 2 nitrogen and oxygen atoms in total. The fraction of sp³-hybridized carbons (Fsp3) is 0.0714. The van der Waals surface area contributed by atoms with E-state index in [2.05, 4.69) is 4.74 Å². The first-order chi connectivity index (χ1) is 9.75. The Morgan fingerprint density at radius 1 is 0.952 bits per heavy atom. The lowest BCUT2D eigenvalue weighted by molar-refractivity contribution is -0.137. The van der Waals surface area contributed by atoms with Gasteiger partial charge in [0.05, 0.1) is 11.1 Å². The van der Waals surface area contributed by atoms with E-state index in [-0.39, 0.29) is 5.56 Å². The Balaban J connectivity index is 2.24. The molecule has 0 bridgehead atoms. The van der Waals surface area contributed by atoms with Crippen LogP contribution in [-0.2, 0) is 6.18 Å². The predicted molar refractivity (Wildman–Crippen MR) is 62.8 cm³/mol. The molecule has 0 atom stereocenters. The molecule has 0 unspecified atom stereocenters. The molecule has 2 aromatic carbocycles. The maximum atomic E-state index is 12.9. The van der Waals surface area contributed by atoms with E-state index in [0.717, 1.165) is 30.3 Å². The Kier molecular flexibility index (Phi) is 3.93. The molecule has 0 aromatic heterocycles. The van der Waals surface area contributed by atoms with Crippen LogP contribution < -0.4 is 4.74 Å². The normalized spacial score (nSPS) is 11.3. The van der Waals surface area contributed by atoms with E-state index >= 15 is 0 Å². The van der Waals surface area contributed by atoms with Crippen LogP contribution in [0.1, 0.15) is 15.9 Å². The molecular weight excluding hydrogens is 295 g/mol. The van der Waals surface area contributed by atoms with Gasteiger partial charge in [-0.15, -0.1) is 0 Å². The molecule has 0 saturated heterocycles. The number of esters is 1. The van der Waals surface area contributed by atoms with Gasteiger partial charge in [-0.3, -0.25) is 0 Å². The van der Waals surface area contributed by atoms with Crippen molar-refractivity contribution < 1.29 is 31.5 Å². The second-order valence-electron chi connectivity index (χ2n) is 4.07. The third-order valence-electron chi connectivity index (χ3n) is 2.47. The van der Waals surface area contributed by atoms with Gasteiger partial charge in [-0.05, 0) is 18.2 Å². The zero-order chi connectivity index (χ0) is 15.6. The molecular formula is C14H7F5O2. The number of rotatable bonds is 2. The van der Waals surface area contributed by atoms with Crippen molar-refractivity contribution in [1.82, 2.24) is 0 Å². The van der Waals surface area contributed by atoms with Gasteiger partial charge in [0, 0.05) is 18.2 Å². The number of carbonyl (C=O) groups is 1. The van der Waals surface area contributed by atoms with Gasteiger partial charge < -0.3 is 4.74 Å². The zero-order valence-corrected chi connectivity index (χ0v) is 10.2. The Bertz CT molecular complexity index is 659. The second kappa shape index (κ2) is 5.51. The molecule has 0 aliphatic rings. The Morgan fingerprint density at radius 3 is 2.14 bits per heavy atom. The van der Waals surface area contributed by atoms with Crippen molar-refractivity contribution in [3.05, 3.63) is 65.2 Å². The van der Waals surface area contributed by atoms with E-state index in [4.69, 9.17) is 0 Å². The first-order valence-electron chi connectivity index (χ1n) is 5.61. The molecule has 0 radical (unpaired) electrons. The van der Waals surface area contributed by atoms with Crippen LogP contribution in [-0.4, -0.2) is 5.97 Å². The molecule has 0 aliphatic carbocycles. The second-order valence-corrected chi connectivity index (χ2v) is 4.07. The van der Waals surface area contributed by atoms with Crippen LogP contribution in [0.15, 0.2) is 42.5 Å². The lowest BCUT2D eigenvalue weighted by Gasteiger charge is -2.08. The first-order valence-corrected chi connectivity index (χ1v) is 5.61. The minimum Gasteiger partial charge on any atom is -0.423 e. The van der Waals surface area contributed by atoms with Gasteiger partial charge in [0.15, 0.2) is 0 Å². The summed E-state index contributed by atoms with van der Waals surface area (Å²) in [5, 5.41) is 0. The molecule has 110 valence electrons. The van der Waals surface area contributed by atoms with E-state index in [1.807, 2.05) is 0 Å². The van der Waals surface area contributed by atoms with E-state index in [0.29, 0.717) is 12.1 Å². The van der Waals surface area contributed by atoms with E-state index in [9.17, 15) is 26.7 Å². The number of ether oxygens (including phenoxy) is 1. The highest BCUT2D eigenvalue weighted by Crippen LogP contribution is 2.29. The minimum absolute atomic E-state index is 0.380. The van der Waals surface area contributed by atoms with Gasteiger partial charge in [-0.1, -0.05) is 6.07 Å². The van der Waals surface area contributed by atoms with Gasteiger partial charge in [0.2, 0.25) is 0 Å². The monoisotopic (exact) mass is 302 g/mol. The third-order valence-corrected chi connectivity index (χ3v) is 2.47. The summed E-state index contributed by atoms with van der Waals surface area (Å²) in [5.74, 6) is -3.52. The van der Waals surface area contributed by atoms with Gasteiger partial charge in [-0.2, -0.15) is 13.2 Å². The van der Waals surface area contributed by atoms with Crippen molar-refractivity contribution in [2.24, 2.45) is 0 Å². The van der Waals surface area contributed by atoms with Crippen LogP contribution in [0.3, 0.4) is 0 Å². The zero-order valence-electron chi connectivity index (χ0n) is 10.2. The van der Waals surface area contributed by atoms with Crippen molar-refractivity contribution in [3.63, 3.8) is 0 Å². The average Bonchev–Trinajstić information content (AvgIpc) is 2.36. The van der Waals surface area contributed by atoms with Crippen molar-refractivity contribution >= 4 is 5.97 Å². The molecule has 0 aliphatic heterocycles. The lowest BCUT2D eigenvalue weighted by atomic mass is 10.1. The quantitative estimate of drug-likeness (QED) is 0.472. The summed E-state index contributed by atoms with van der Waals surface area (Å²) in [7, 11) is 0. The average molecular weight is 302 g/mol. The topological polar surface area (TPSA) is 26.3 Å². The van der Waals surface area contributed by atoms with Crippen molar-refractivity contribution in [1.29, 1.82) is 0 Å². The van der Waals surface area contributed by atoms with E-state index < -0.39 is 35.1 Å². The smallest absolute Gasteiger partial charge is 0.416 e. The van der Waals surface area contributed by atoms with E-state index in [1.54, 1.807) is 0 Å². The summed E-state index contributed by atoms with van der Waals surface area (Å²) in [6.45, 7) is 0. The molecule has 0 amide bonds. The van der Waals surface area contributed by atoms with Gasteiger partial charge in [0.1, 0.15) is 17.4 Å². The van der Waals surface area contributed by atoms with Crippen LogP contribution in [0.25, 0.3) is 0 Å². The number of hydrogen-bond donors (Lipinski definition) is 0. The summed E-state index contributed by atoms with van der Waals surface area (Å²) in [5.41, 5.74) is -1.41. The molecule has 0 spiro atoms. The van der Waals surface area contributed by atoms with Gasteiger partial charge in [0.25, 0.3) is 0 Å². The fourth-order valence-corrected chi connectivity index (χ4v) is 1.58. The maximum absolute atomic E-state index is 12.9. The summed E-state index contributed by atoms with van der Waals surface area (Å²) in [6, 6.07) is 5.58. The number of carbonyl (C=O) groups excluding carboxylic acids is 1. The SMILES string of the molecule is O=C(Oc1cc(F)cc(F)c1)c1cccc(C(F)(F)F)c1. The first kappa shape index (κ1) is 15.0. The highest BCUT2D eigenvalue weighted by molar-refractivity contribution is 5.91. The molecule has 0 N–H and O–H groups in total. The third kappa shape index (κ3) is 3.77. The van der Waals surface area contributed by atoms with Gasteiger partial charge in [-0.25, -0.2) is 13.6 Å². The minimum atomic E-state index is -4.61. The molecule has 0 heterocycles. The molecule has 21 heavy (non-hydrogen) atoms. The summed E-state index contributed by atoms with van der Waals surface area (Å²) in [6.07, 6.45) is -4.61. The van der Waals surface area contributed by atoms with Crippen molar-refractivity contribution in [2.45, 2.75) is 6.18 Å². The van der Waals surface area contributed by atoms with Crippen LogP contribution in [0, 0.1) is 11.6 Å². The highest BCUT2D eigenvalue weighted by atomic mass is 19.4. The number of halogens is 5. The molecule has 7 heteroatoms. The summed E-state index contributed by atoms with van der Waals surface area (Å²) in [4.78, 5) is 11.7. The molecule has 0 fully saturated rings. The summed E-state index contributed by atoms with van der Waals surface area (Å²) >= 11 is 0. The van der Waals surface area contributed by atoms with Crippen LogP contribution in [0.4, 0.5) is 22.0 Å². The molecule has 0 saturated carbocycles. The van der Waals surface area contributed by atoms with Crippen LogP contribution in [0.2, 0.25) is 0 Å². The summed E-state index contributed by atoms with van der Waals surface area (Å²) < 4.78 is 68.0. The standard InChI is InChI=1S/C14H7F5O2/c15-10-5-11(16)7-12(6-10)21-13(20)8-2-1-3-9(4-8)14(17,18)19/h1-7H. The van der Waals surface area contributed by atoms with Crippen LogP contribution in [0.5, 0.6) is 5.75 Å². The number of alkyl halides is 3. The largest absolute Gasteiger partial charge is 0.423 e. The van der Waals surface area contributed by atoms with Gasteiger partial charge >= 0.3 is 12.1 Å². The van der Waals surface area contributed by atoms with Crippen LogP contribution >= 0.6 is 0 Å².